The lowest BCUT2D eigenvalue weighted by atomic mass is 10.2. The van der Waals surface area contributed by atoms with E-state index in [9.17, 15) is 9.59 Å². The first-order valence-corrected chi connectivity index (χ1v) is 9.62. The zero-order valence-corrected chi connectivity index (χ0v) is 17.3. The zero-order valence-electron chi connectivity index (χ0n) is 16.5. The number of anilines is 2. The van der Waals surface area contributed by atoms with E-state index in [0.717, 1.165) is 0 Å². The maximum absolute atomic E-state index is 12.5. The molecule has 0 aliphatic heterocycles. The van der Waals surface area contributed by atoms with Gasteiger partial charge in [0.15, 0.2) is 6.10 Å². The van der Waals surface area contributed by atoms with Gasteiger partial charge in [0.25, 0.3) is 11.8 Å². The normalized spacial score (nSPS) is 11.3. The van der Waals surface area contributed by atoms with Crippen LogP contribution in [0.3, 0.4) is 0 Å². The number of halogens is 1. The molecule has 0 bridgehead atoms. The molecule has 0 saturated carbocycles. The van der Waals surface area contributed by atoms with Crippen LogP contribution in [0.25, 0.3) is 0 Å². The number of carbonyl (C=O) groups is 2. The van der Waals surface area contributed by atoms with Crippen molar-refractivity contribution in [2.45, 2.75) is 13.0 Å². The molecule has 0 saturated heterocycles. The lowest BCUT2D eigenvalue weighted by Crippen LogP contribution is -2.30. The molecule has 0 aromatic heterocycles. The average molecular weight is 425 g/mol. The second-order valence-electron chi connectivity index (χ2n) is 6.41. The van der Waals surface area contributed by atoms with Crippen molar-refractivity contribution in [3.63, 3.8) is 0 Å². The molecule has 30 heavy (non-hydrogen) atoms. The van der Waals surface area contributed by atoms with Gasteiger partial charge < -0.3 is 20.1 Å². The molecule has 3 rings (SSSR count). The van der Waals surface area contributed by atoms with E-state index in [2.05, 4.69) is 10.6 Å². The molecule has 3 aromatic carbocycles. The Morgan fingerprint density at radius 2 is 1.50 bits per heavy atom. The molecule has 7 heteroatoms. The van der Waals surface area contributed by atoms with Crippen LogP contribution in [0.15, 0.2) is 72.8 Å². The van der Waals surface area contributed by atoms with E-state index in [0.29, 0.717) is 33.5 Å². The van der Waals surface area contributed by atoms with Crippen molar-refractivity contribution in [2.24, 2.45) is 0 Å². The van der Waals surface area contributed by atoms with Crippen molar-refractivity contribution in [2.75, 3.05) is 17.7 Å². The summed E-state index contributed by atoms with van der Waals surface area (Å²) in [5, 5.41) is 5.98. The summed E-state index contributed by atoms with van der Waals surface area (Å²) in [5.41, 5.74) is 1.54. The smallest absolute Gasteiger partial charge is 0.265 e. The van der Waals surface area contributed by atoms with Crippen LogP contribution >= 0.6 is 11.6 Å². The van der Waals surface area contributed by atoms with Gasteiger partial charge in [-0.2, -0.15) is 0 Å². The number of rotatable bonds is 7. The molecule has 0 radical (unpaired) electrons. The van der Waals surface area contributed by atoms with Gasteiger partial charge in [-0.25, -0.2) is 0 Å². The fraction of sp³-hybridized carbons (Fsp3) is 0.130. The Bertz CT molecular complexity index is 1040. The molecule has 2 N–H and O–H groups in total. The molecule has 0 aliphatic rings. The van der Waals surface area contributed by atoms with Crippen molar-refractivity contribution >= 4 is 34.8 Å². The Kier molecular flexibility index (Phi) is 6.93. The van der Waals surface area contributed by atoms with Crippen LogP contribution in [-0.4, -0.2) is 25.0 Å². The van der Waals surface area contributed by atoms with E-state index in [1.54, 1.807) is 74.7 Å². The highest BCUT2D eigenvalue weighted by molar-refractivity contribution is 6.33. The number of benzene rings is 3. The molecule has 1 atom stereocenters. The van der Waals surface area contributed by atoms with Gasteiger partial charge in [0.1, 0.15) is 11.5 Å². The minimum absolute atomic E-state index is 0.282. The summed E-state index contributed by atoms with van der Waals surface area (Å²) in [6.07, 6.45) is -0.755. The Hall–Kier alpha value is -3.51. The summed E-state index contributed by atoms with van der Waals surface area (Å²) in [6, 6.07) is 20.6. The summed E-state index contributed by atoms with van der Waals surface area (Å²) < 4.78 is 10.9. The quantitative estimate of drug-likeness (QED) is 0.559. The highest BCUT2D eigenvalue weighted by atomic mass is 35.5. The number of hydrogen-bond acceptors (Lipinski definition) is 4. The Balaban J connectivity index is 1.60. The van der Waals surface area contributed by atoms with Gasteiger partial charge in [-0.1, -0.05) is 35.9 Å². The molecule has 2 amide bonds. The number of carbonyl (C=O) groups excluding carboxylic acids is 2. The molecule has 154 valence electrons. The summed E-state index contributed by atoms with van der Waals surface area (Å²) in [7, 11) is 1.54. The first-order chi connectivity index (χ1) is 14.5. The third-order valence-corrected chi connectivity index (χ3v) is 4.62. The van der Waals surface area contributed by atoms with Gasteiger partial charge in [-0.15, -0.1) is 0 Å². The van der Waals surface area contributed by atoms with Gasteiger partial charge in [0.2, 0.25) is 0 Å². The Morgan fingerprint density at radius 3 is 2.17 bits per heavy atom. The van der Waals surface area contributed by atoms with E-state index in [-0.39, 0.29) is 11.8 Å². The summed E-state index contributed by atoms with van der Waals surface area (Å²) in [4.78, 5) is 24.8. The van der Waals surface area contributed by atoms with Crippen molar-refractivity contribution in [3.05, 3.63) is 83.4 Å². The van der Waals surface area contributed by atoms with E-state index in [1.165, 1.54) is 0 Å². The number of hydrogen-bond donors (Lipinski definition) is 2. The largest absolute Gasteiger partial charge is 0.495 e. The van der Waals surface area contributed by atoms with Gasteiger partial charge in [0, 0.05) is 5.56 Å². The predicted octanol–water partition coefficient (Wildman–Crippen LogP) is 5.01. The van der Waals surface area contributed by atoms with Crippen LogP contribution in [0, 0.1) is 0 Å². The molecule has 0 heterocycles. The van der Waals surface area contributed by atoms with Crippen molar-refractivity contribution in [1.82, 2.24) is 0 Å². The second-order valence-corrected chi connectivity index (χ2v) is 6.82. The third-order valence-electron chi connectivity index (χ3n) is 4.29. The number of amides is 2. The summed E-state index contributed by atoms with van der Waals surface area (Å²) in [5.74, 6) is 0.423. The fourth-order valence-electron chi connectivity index (χ4n) is 2.68. The molecule has 0 fully saturated rings. The minimum atomic E-state index is -0.755. The Morgan fingerprint density at radius 1 is 0.867 bits per heavy atom. The zero-order chi connectivity index (χ0) is 21.5. The van der Waals surface area contributed by atoms with Gasteiger partial charge in [-0.05, 0) is 55.5 Å². The molecule has 0 spiro atoms. The van der Waals surface area contributed by atoms with Crippen LogP contribution in [0.2, 0.25) is 5.02 Å². The number of para-hydroxylation sites is 3. The Labute approximate surface area is 179 Å². The predicted molar refractivity (Wildman–Crippen MR) is 118 cm³/mol. The van der Waals surface area contributed by atoms with Gasteiger partial charge in [-0.3, -0.25) is 9.59 Å². The standard InChI is InChI=1S/C23H21ClN2O4/c1-15(22(27)25-19-8-4-3-7-18(19)24)30-17-13-11-16(12-14-17)23(28)26-20-9-5-6-10-21(20)29-2/h3-15H,1-2H3,(H,25,27)(H,26,28). The average Bonchev–Trinajstić information content (AvgIpc) is 2.76. The van der Waals surface area contributed by atoms with Crippen molar-refractivity contribution in [1.29, 1.82) is 0 Å². The van der Waals surface area contributed by atoms with Crippen LogP contribution in [0.4, 0.5) is 11.4 Å². The first kappa shape index (κ1) is 21.2. The molecule has 0 aliphatic carbocycles. The van der Waals surface area contributed by atoms with E-state index < -0.39 is 6.10 Å². The first-order valence-electron chi connectivity index (χ1n) is 9.24. The highest BCUT2D eigenvalue weighted by Crippen LogP contribution is 2.24. The van der Waals surface area contributed by atoms with Gasteiger partial charge in [0.05, 0.1) is 23.5 Å². The van der Waals surface area contributed by atoms with Crippen LogP contribution in [0.5, 0.6) is 11.5 Å². The SMILES string of the molecule is COc1ccccc1NC(=O)c1ccc(OC(C)C(=O)Nc2ccccc2Cl)cc1. The maximum atomic E-state index is 12.5. The summed E-state index contributed by atoms with van der Waals surface area (Å²) >= 11 is 6.06. The lowest BCUT2D eigenvalue weighted by molar-refractivity contribution is -0.122. The molecule has 6 nitrogen and oxygen atoms in total. The number of methoxy groups -OCH3 is 1. The van der Waals surface area contributed by atoms with E-state index in [1.807, 2.05) is 12.1 Å². The van der Waals surface area contributed by atoms with Crippen molar-refractivity contribution in [3.8, 4) is 11.5 Å². The summed E-state index contributed by atoms with van der Waals surface area (Å²) in [6.45, 7) is 1.63. The number of ether oxygens (including phenoxy) is 2. The maximum Gasteiger partial charge on any atom is 0.265 e. The van der Waals surface area contributed by atoms with Crippen LogP contribution in [-0.2, 0) is 4.79 Å². The van der Waals surface area contributed by atoms with Crippen molar-refractivity contribution < 1.29 is 19.1 Å². The monoisotopic (exact) mass is 424 g/mol. The topological polar surface area (TPSA) is 76.7 Å². The molecular weight excluding hydrogens is 404 g/mol. The lowest BCUT2D eigenvalue weighted by Gasteiger charge is -2.15. The van der Waals surface area contributed by atoms with E-state index >= 15 is 0 Å². The van der Waals surface area contributed by atoms with Crippen LogP contribution < -0.4 is 20.1 Å². The number of nitrogens with one attached hydrogen (secondary N) is 2. The minimum Gasteiger partial charge on any atom is -0.495 e. The highest BCUT2D eigenvalue weighted by Gasteiger charge is 2.16. The third kappa shape index (κ3) is 5.30. The van der Waals surface area contributed by atoms with E-state index in [4.69, 9.17) is 21.1 Å². The van der Waals surface area contributed by atoms with Crippen LogP contribution in [0.1, 0.15) is 17.3 Å². The molecule has 1 unspecified atom stereocenters. The second kappa shape index (κ2) is 9.80. The fourth-order valence-corrected chi connectivity index (χ4v) is 2.86. The molecular formula is C23H21ClN2O4. The van der Waals surface area contributed by atoms with Gasteiger partial charge >= 0.3 is 0 Å². The molecule has 3 aromatic rings.